The third-order valence-corrected chi connectivity index (χ3v) is 16.9. The highest BCUT2D eigenvalue weighted by molar-refractivity contribution is 7.22. The summed E-state index contributed by atoms with van der Waals surface area (Å²) in [6.07, 6.45) is 0. The molecule has 234 valence electrons. The van der Waals surface area contributed by atoms with Gasteiger partial charge >= 0.3 is 0 Å². The molecule has 1 aliphatic heterocycles. The minimum atomic E-state index is -2.74. The molecule has 9 aromatic rings. The van der Waals surface area contributed by atoms with Crippen LogP contribution in [-0.4, -0.2) is 8.07 Å². The second-order valence-corrected chi connectivity index (χ2v) is 18.4. The molecule has 0 bridgehead atoms. The van der Waals surface area contributed by atoms with E-state index in [1.54, 1.807) is 5.19 Å². The van der Waals surface area contributed by atoms with E-state index in [-0.39, 0.29) is 5.41 Å². The van der Waals surface area contributed by atoms with Crippen LogP contribution in [0.3, 0.4) is 0 Å². The Balaban J connectivity index is 1.39. The lowest BCUT2D eigenvalue weighted by molar-refractivity contribution is 0.671. The third-order valence-electron chi connectivity index (χ3n) is 12.0. The van der Waals surface area contributed by atoms with Gasteiger partial charge in [0.1, 0.15) is 0 Å². The van der Waals surface area contributed by atoms with Gasteiger partial charge in [-0.05, 0) is 97.2 Å². The summed E-state index contributed by atoms with van der Waals surface area (Å²) >= 11 is 0. The zero-order valence-electron chi connectivity index (χ0n) is 28.2. The first-order valence-electron chi connectivity index (χ1n) is 17.8. The number of benzene rings is 9. The summed E-state index contributed by atoms with van der Waals surface area (Å²) in [7, 11) is -2.74. The molecule has 0 atom stereocenters. The molecule has 50 heavy (non-hydrogen) atoms. The first-order chi connectivity index (χ1) is 24.6. The van der Waals surface area contributed by atoms with Gasteiger partial charge in [0, 0.05) is 5.41 Å². The number of rotatable bonds is 2. The highest BCUT2D eigenvalue weighted by Crippen LogP contribution is 2.57. The predicted octanol–water partition coefficient (Wildman–Crippen LogP) is 9.96. The quantitative estimate of drug-likeness (QED) is 0.129. The van der Waals surface area contributed by atoms with Crippen LogP contribution < -0.4 is 20.7 Å². The summed E-state index contributed by atoms with van der Waals surface area (Å²) in [6.45, 7) is 5.04. The van der Waals surface area contributed by atoms with Gasteiger partial charge in [-0.1, -0.05) is 184 Å². The van der Waals surface area contributed by atoms with E-state index < -0.39 is 8.07 Å². The lowest BCUT2D eigenvalue weighted by Gasteiger charge is -2.36. The van der Waals surface area contributed by atoms with Gasteiger partial charge in [0.25, 0.3) is 0 Å². The van der Waals surface area contributed by atoms with E-state index in [0.29, 0.717) is 0 Å². The van der Waals surface area contributed by atoms with E-state index in [1.165, 1.54) is 92.0 Å². The van der Waals surface area contributed by atoms with Crippen LogP contribution in [0.2, 0.25) is 0 Å². The second-order valence-electron chi connectivity index (χ2n) is 14.7. The standard InChI is InChI=1S/C49H34Si/c1-49(2)46-41(30-29-40-35-23-15-16-28-42(35)50(48(40)46,31-17-5-3-6-18-31)32-19-7-4-8-20-32)44-39-27-14-13-26-38(39)43-36-24-11-9-21-33(36)34-22-10-12-25-37(34)45(43)47(44)49/h3-30H,1-2H3. The van der Waals surface area contributed by atoms with Crippen LogP contribution in [0.1, 0.15) is 25.0 Å². The van der Waals surface area contributed by atoms with E-state index in [4.69, 9.17) is 0 Å². The van der Waals surface area contributed by atoms with Crippen molar-refractivity contribution < 1.29 is 0 Å². The van der Waals surface area contributed by atoms with Crippen LogP contribution in [-0.2, 0) is 5.41 Å². The van der Waals surface area contributed by atoms with Crippen LogP contribution >= 0.6 is 0 Å². The van der Waals surface area contributed by atoms with E-state index in [1.807, 2.05) is 0 Å². The van der Waals surface area contributed by atoms with Gasteiger partial charge in [-0.3, -0.25) is 0 Å². The largest absolute Gasteiger partial charge is 0.181 e. The first kappa shape index (κ1) is 28.1. The van der Waals surface area contributed by atoms with E-state index in [0.717, 1.165) is 0 Å². The molecule has 0 amide bonds. The topological polar surface area (TPSA) is 0 Å². The summed E-state index contributed by atoms with van der Waals surface area (Å²) in [5, 5.41) is 16.8. The van der Waals surface area contributed by atoms with Gasteiger partial charge in [-0.2, -0.15) is 0 Å². The van der Waals surface area contributed by atoms with Gasteiger partial charge in [0.2, 0.25) is 0 Å². The van der Waals surface area contributed by atoms with Crippen LogP contribution in [0, 0.1) is 0 Å². The predicted molar refractivity (Wildman–Crippen MR) is 217 cm³/mol. The maximum Gasteiger partial charge on any atom is 0.181 e. The molecule has 0 aromatic heterocycles. The SMILES string of the molecule is CC1(C)c2c(ccc3c2[Si](c2ccccc2)(c2ccccc2)c2ccccc2-3)-c2c1c1c3ccccc3c3ccccc3c1c1ccccc21. The monoisotopic (exact) mass is 650 g/mol. The minimum absolute atomic E-state index is 0.270. The Morgan fingerprint density at radius 1 is 0.360 bits per heavy atom. The molecule has 9 aromatic carbocycles. The Bertz CT molecular complexity index is 2840. The second kappa shape index (κ2) is 9.91. The van der Waals surface area contributed by atoms with Crippen molar-refractivity contribution >= 4 is 71.9 Å². The van der Waals surface area contributed by atoms with Crippen molar-refractivity contribution in [3.05, 3.63) is 181 Å². The number of hydrogen-bond acceptors (Lipinski definition) is 0. The minimum Gasteiger partial charge on any atom is -0.0623 e. The smallest absolute Gasteiger partial charge is 0.0623 e. The average Bonchev–Trinajstić information content (AvgIpc) is 3.61. The summed E-state index contributed by atoms with van der Waals surface area (Å²) in [4.78, 5) is 0. The van der Waals surface area contributed by atoms with Crippen molar-refractivity contribution in [1.29, 1.82) is 0 Å². The van der Waals surface area contributed by atoms with Crippen LogP contribution in [0.25, 0.3) is 65.3 Å². The molecule has 1 heterocycles. The molecular formula is C49H34Si. The molecule has 0 nitrogen and oxygen atoms in total. The summed E-state index contributed by atoms with van der Waals surface area (Å²) < 4.78 is 0. The molecule has 0 fully saturated rings. The summed E-state index contributed by atoms with van der Waals surface area (Å²) in [5.74, 6) is 0. The molecule has 1 heteroatoms. The molecule has 0 radical (unpaired) electrons. The van der Waals surface area contributed by atoms with E-state index >= 15 is 0 Å². The van der Waals surface area contributed by atoms with Crippen LogP contribution in [0.4, 0.5) is 0 Å². The lowest BCUT2D eigenvalue weighted by atomic mass is 9.77. The van der Waals surface area contributed by atoms with Crippen LogP contribution in [0.5, 0.6) is 0 Å². The molecule has 2 aliphatic rings. The van der Waals surface area contributed by atoms with Crippen molar-refractivity contribution in [3.63, 3.8) is 0 Å². The van der Waals surface area contributed by atoms with Crippen molar-refractivity contribution in [1.82, 2.24) is 0 Å². The van der Waals surface area contributed by atoms with Gasteiger partial charge in [-0.15, -0.1) is 0 Å². The zero-order chi connectivity index (χ0) is 33.2. The van der Waals surface area contributed by atoms with E-state index in [9.17, 15) is 0 Å². The van der Waals surface area contributed by atoms with E-state index in [2.05, 4.69) is 184 Å². The first-order valence-corrected chi connectivity index (χ1v) is 19.8. The molecule has 0 unspecified atom stereocenters. The molecule has 11 rings (SSSR count). The average molecular weight is 651 g/mol. The zero-order valence-corrected chi connectivity index (χ0v) is 29.2. The third kappa shape index (κ3) is 3.31. The fourth-order valence-corrected chi connectivity index (χ4v) is 15.9. The fourth-order valence-electron chi connectivity index (χ4n) is 10.3. The summed E-state index contributed by atoms with van der Waals surface area (Å²) in [6, 6.07) is 64.6. The molecular weight excluding hydrogens is 617 g/mol. The molecule has 0 spiro atoms. The molecule has 0 saturated carbocycles. The fraction of sp³-hybridized carbons (Fsp3) is 0.0612. The highest BCUT2D eigenvalue weighted by atomic mass is 28.3. The molecule has 0 N–H and O–H groups in total. The van der Waals surface area contributed by atoms with Crippen molar-refractivity contribution in [2.24, 2.45) is 0 Å². The lowest BCUT2D eigenvalue weighted by Crippen LogP contribution is -2.73. The Morgan fingerprint density at radius 3 is 1.44 bits per heavy atom. The maximum atomic E-state index is 2.52. The summed E-state index contributed by atoms with van der Waals surface area (Å²) in [5.41, 5.74) is 8.32. The van der Waals surface area contributed by atoms with Gasteiger partial charge in [-0.25, -0.2) is 0 Å². The van der Waals surface area contributed by atoms with Crippen LogP contribution in [0.15, 0.2) is 170 Å². The Hall–Kier alpha value is -5.76. The van der Waals surface area contributed by atoms with Crippen molar-refractivity contribution in [3.8, 4) is 22.3 Å². The van der Waals surface area contributed by atoms with Gasteiger partial charge in [0.05, 0.1) is 0 Å². The van der Waals surface area contributed by atoms with Gasteiger partial charge in [0.15, 0.2) is 8.07 Å². The molecule has 0 saturated heterocycles. The normalized spacial score (nSPS) is 14.9. The Kier molecular flexibility index (Phi) is 5.57. The number of hydrogen-bond donors (Lipinski definition) is 0. The highest BCUT2D eigenvalue weighted by Gasteiger charge is 2.54. The Labute approximate surface area is 293 Å². The maximum absolute atomic E-state index is 2.74. The Morgan fingerprint density at radius 2 is 0.820 bits per heavy atom. The van der Waals surface area contributed by atoms with Crippen molar-refractivity contribution in [2.75, 3.05) is 0 Å². The number of fused-ring (bicyclic) bond motifs is 17. The van der Waals surface area contributed by atoms with Crippen molar-refractivity contribution in [2.45, 2.75) is 19.3 Å². The van der Waals surface area contributed by atoms with Gasteiger partial charge < -0.3 is 0 Å². The molecule has 1 aliphatic carbocycles.